The van der Waals surface area contributed by atoms with Gasteiger partial charge in [-0.25, -0.2) is 12.8 Å². The van der Waals surface area contributed by atoms with Gasteiger partial charge in [-0.1, -0.05) is 13.8 Å². The summed E-state index contributed by atoms with van der Waals surface area (Å²) in [5, 5.41) is 0. The first-order valence-corrected chi connectivity index (χ1v) is 6.60. The van der Waals surface area contributed by atoms with Crippen LogP contribution in [0.25, 0.3) is 0 Å². The Morgan fingerprint density at radius 2 is 1.92 bits per heavy atom. The lowest BCUT2D eigenvalue weighted by molar-refractivity contribution is 0.182. The average Bonchev–Trinajstić information content (AvgIpc) is 2.00. The lowest BCUT2D eigenvalue weighted by Gasteiger charge is -2.36. The summed E-state index contributed by atoms with van der Waals surface area (Å²) < 4.78 is 35.9. The highest BCUT2D eigenvalue weighted by Gasteiger charge is 2.40. The van der Waals surface area contributed by atoms with Crippen molar-refractivity contribution in [1.82, 2.24) is 0 Å². The Kier molecular flexibility index (Phi) is 3.00. The van der Waals surface area contributed by atoms with Crippen molar-refractivity contribution in [3.05, 3.63) is 0 Å². The van der Waals surface area contributed by atoms with Gasteiger partial charge in [0.05, 0.1) is 11.5 Å². The van der Waals surface area contributed by atoms with Crippen molar-refractivity contribution in [2.45, 2.75) is 39.3 Å². The van der Waals surface area contributed by atoms with Crippen LogP contribution in [0.3, 0.4) is 0 Å². The first-order chi connectivity index (χ1) is 5.93. The van der Waals surface area contributed by atoms with E-state index in [1.165, 1.54) is 0 Å². The van der Waals surface area contributed by atoms with Gasteiger partial charge in [0.1, 0.15) is 6.17 Å². The zero-order chi connectivity index (χ0) is 10.1. The van der Waals surface area contributed by atoms with Gasteiger partial charge in [0.15, 0.2) is 9.84 Å². The van der Waals surface area contributed by atoms with Crippen molar-refractivity contribution in [3.63, 3.8) is 0 Å². The molecule has 4 heteroatoms. The second-order valence-electron chi connectivity index (χ2n) is 4.06. The summed E-state index contributed by atoms with van der Waals surface area (Å²) in [7, 11) is -3.14. The summed E-state index contributed by atoms with van der Waals surface area (Å²) >= 11 is 0. The van der Waals surface area contributed by atoms with Crippen molar-refractivity contribution in [3.8, 4) is 0 Å². The summed E-state index contributed by atoms with van der Waals surface area (Å²) in [5.41, 5.74) is -0.295. The normalized spacial score (nSPS) is 31.5. The van der Waals surface area contributed by atoms with Gasteiger partial charge >= 0.3 is 0 Å². The number of sulfone groups is 1. The van der Waals surface area contributed by atoms with E-state index in [1.54, 1.807) is 0 Å². The van der Waals surface area contributed by atoms with E-state index in [4.69, 9.17) is 0 Å². The Hall–Kier alpha value is -0.120. The zero-order valence-electron chi connectivity index (χ0n) is 8.22. The summed E-state index contributed by atoms with van der Waals surface area (Å²) in [4.78, 5) is 0. The highest BCUT2D eigenvalue weighted by molar-refractivity contribution is 7.91. The van der Waals surface area contributed by atoms with Crippen molar-refractivity contribution >= 4 is 9.84 Å². The van der Waals surface area contributed by atoms with Crippen molar-refractivity contribution in [1.29, 1.82) is 0 Å². The molecule has 0 bridgehead atoms. The van der Waals surface area contributed by atoms with Crippen molar-refractivity contribution < 1.29 is 12.8 Å². The zero-order valence-corrected chi connectivity index (χ0v) is 9.03. The molecule has 0 amide bonds. The molecule has 0 aromatic heterocycles. The maximum Gasteiger partial charge on any atom is 0.153 e. The average molecular weight is 208 g/mol. The molecule has 13 heavy (non-hydrogen) atoms. The smallest absolute Gasteiger partial charge is 0.153 e. The lowest BCUT2D eigenvalue weighted by Crippen LogP contribution is -2.41. The quantitative estimate of drug-likeness (QED) is 0.695. The van der Waals surface area contributed by atoms with Crippen LogP contribution in [0, 0.1) is 5.41 Å². The third kappa shape index (κ3) is 2.42. The Balaban J connectivity index is 2.89. The molecule has 0 radical (unpaired) electrons. The minimum absolute atomic E-state index is 0.174. The van der Waals surface area contributed by atoms with Gasteiger partial charge in [-0.3, -0.25) is 0 Å². The third-order valence-electron chi connectivity index (χ3n) is 3.12. The second-order valence-corrected chi connectivity index (χ2v) is 6.17. The fraction of sp³-hybridized carbons (Fsp3) is 1.00. The number of halogens is 1. The highest BCUT2D eigenvalue weighted by Crippen LogP contribution is 2.38. The fourth-order valence-electron chi connectivity index (χ4n) is 2.13. The van der Waals surface area contributed by atoms with Crippen LogP contribution in [-0.2, 0) is 9.84 Å². The van der Waals surface area contributed by atoms with Crippen molar-refractivity contribution in [2.24, 2.45) is 5.41 Å². The predicted octanol–water partition coefficient (Wildman–Crippen LogP) is 1.95. The Labute approximate surface area is 79.4 Å². The van der Waals surface area contributed by atoms with Gasteiger partial charge in [-0.05, 0) is 24.7 Å². The predicted molar refractivity (Wildman–Crippen MR) is 51.2 cm³/mol. The SMILES string of the molecule is CCC1(CC)CC(F)CS(=O)(=O)C1. The summed E-state index contributed by atoms with van der Waals surface area (Å²) in [5.74, 6) is -0.0951. The van der Waals surface area contributed by atoms with Gasteiger partial charge in [0, 0.05) is 0 Å². The van der Waals surface area contributed by atoms with E-state index in [9.17, 15) is 12.8 Å². The van der Waals surface area contributed by atoms with Gasteiger partial charge in [-0.2, -0.15) is 0 Å². The molecule has 0 N–H and O–H groups in total. The molecule has 0 aromatic rings. The van der Waals surface area contributed by atoms with Crippen molar-refractivity contribution in [2.75, 3.05) is 11.5 Å². The van der Waals surface area contributed by atoms with E-state index < -0.39 is 16.0 Å². The van der Waals surface area contributed by atoms with Crippen LogP contribution in [0.5, 0.6) is 0 Å². The largest absolute Gasteiger partial charge is 0.246 e. The fourth-order valence-corrected chi connectivity index (χ4v) is 4.38. The van der Waals surface area contributed by atoms with E-state index in [-0.39, 0.29) is 16.9 Å². The number of alkyl halides is 1. The molecule has 0 saturated carbocycles. The first-order valence-electron chi connectivity index (χ1n) is 4.77. The molecule has 1 aliphatic rings. The van der Waals surface area contributed by atoms with Crippen LogP contribution >= 0.6 is 0 Å². The topological polar surface area (TPSA) is 34.1 Å². The molecule has 2 nitrogen and oxygen atoms in total. The molecule has 1 fully saturated rings. The molecule has 1 heterocycles. The van der Waals surface area contributed by atoms with E-state index in [2.05, 4.69) is 0 Å². The molecule has 0 aromatic carbocycles. The molecule has 1 aliphatic heterocycles. The van der Waals surface area contributed by atoms with Gasteiger partial charge in [-0.15, -0.1) is 0 Å². The molecule has 0 spiro atoms. The summed E-state index contributed by atoms with van der Waals surface area (Å²) in [6, 6.07) is 0. The molecule has 1 unspecified atom stereocenters. The van der Waals surface area contributed by atoms with Crippen LogP contribution < -0.4 is 0 Å². The van der Waals surface area contributed by atoms with Crippen LogP contribution in [0.2, 0.25) is 0 Å². The van der Waals surface area contributed by atoms with E-state index in [0.29, 0.717) is 6.42 Å². The Bertz CT molecular complexity index is 267. The van der Waals surface area contributed by atoms with Gasteiger partial charge in [0.2, 0.25) is 0 Å². The maximum absolute atomic E-state index is 13.2. The van der Waals surface area contributed by atoms with Crippen LogP contribution in [0.15, 0.2) is 0 Å². The summed E-state index contributed by atoms with van der Waals surface area (Å²) in [6.07, 6.45) is 0.768. The summed E-state index contributed by atoms with van der Waals surface area (Å²) in [6.45, 7) is 3.88. The standard InChI is InChI=1S/C9H17FO2S/c1-3-9(4-2)5-8(10)6-13(11,12)7-9/h8H,3-7H2,1-2H3. The van der Waals surface area contributed by atoms with Gasteiger partial charge in [0.25, 0.3) is 0 Å². The van der Waals surface area contributed by atoms with Crippen LogP contribution in [0.4, 0.5) is 4.39 Å². The molecular formula is C9H17FO2S. The number of hydrogen-bond acceptors (Lipinski definition) is 2. The number of hydrogen-bond donors (Lipinski definition) is 0. The molecule has 0 aliphatic carbocycles. The lowest BCUT2D eigenvalue weighted by atomic mass is 9.79. The van der Waals surface area contributed by atoms with E-state index in [0.717, 1.165) is 12.8 Å². The second kappa shape index (κ2) is 3.56. The highest BCUT2D eigenvalue weighted by atomic mass is 32.2. The molecule has 1 atom stereocenters. The minimum Gasteiger partial charge on any atom is -0.246 e. The molecular weight excluding hydrogens is 191 g/mol. The molecule has 1 rings (SSSR count). The number of rotatable bonds is 2. The Morgan fingerprint density at radius 1 is 1.38 bits per heavy atom. The van der Waals surface area contributed by atoms with E-state index in [1.807, 2.05) is 13.8 Å². The van der Waals surface area contributed by atoms with Crippen LogP contribution in [0.1, 0.15) is 33.1 Å². The van der Waals surface area contributed by atoms with E-state index >= 15 is 0 Å². The Morgan fingerprint density at radius 3 is 2.31 bits per heavy atom. The molecule has 78 valence electrons. The first kappa shape index (κ1) is 11.0. The molecule has 1 saturated heterocycles. The van der Waals surface area contributed by atoms with Gasteiger partial charge < -0.3 is 0 Å². The monoisotopic (exact) mass is 208 g/mol. The maximum atomic E-state index is 13.2. The van der Waals surface area contributed by atoms with Crippen LogP contribution in [-0.4, -0.2) is 26.1 Å². The minimum atomic E-state index is -3.14. The third-order valence-corrected chi connectivity index (χ3v) is 5.04.